The van der Waals surface area contributed by atoms with Crippen LogP contribution in [0.15, 0.2) is 48.5 Å². The molecule has 6 heteroatoms. The Bertz CT molecular complexity index is 533. The van der Waals surface area contributed by atoms with Crippen LogP contribution in [0.1, 0.15) is 0 Å². The molecule has 0 atom stereocenters. The molecule has 0 saturated heterocycles. The maximum atomic E-state index is 12.8. The van der Waals surface area contributed by atoms with Crippen molar-refractivity contribution in [3.05, 3.63) is 54.5 Å². The van der Waals surface area contributed by atoms with Gasteiger partial charge in [-0.1, -0.05) is 24.3 Å². The first-order chi connectivity index (χ1) is 8.74. The monoisotopic (exact) mass is 246 g/mol. The molecule has 0 unspecified atom stereocenters. The number of amides is 2. The highest BCUT2D eigenvalue weighted by molar-refractivity contribution is 5.89. The highest BCUT2D eigenvalue weighted by Crippen LogP contribution is 2.05. The maximum absolute atomic E-state index is 12.8. The molecule has 3 N–H and O–H groups in total. The number of aromatic nitrogens is 1. The molecule has 1 aromatic carbocycles. The average molecular weight is 246 g/mol. The SMILES string of the molecule is O=C(NNc1cccc(F)n1)Nc1ccccc1. The predicted molar refractivity (Wildman–Crippen MR) is 66.4 cm³/mol. The van der Waals surface area contributed by atoms with E-state index in [-0.39, 0.29) is 5.82 Å². The van der Waals surface area contributed by atoms with Gasteiger partial charge < -0.3 is 5.32 Å². The number of hydrazine groups is 1. The zero-order chi connectivity index (χ0) is 12.8. The Balaban J connectivity index is 1.85. The highest BCUT2D eigenvalue weighted by Gasteiger charge is 2.01. The van der Waals surface area contributed by atoms with Crippen molar-refractivity contribution in [2.45, 2.75) is 0 Å². The van der Waals surface area contributed by atoms with Crippen molar-refractivity contribution in [1.82, 2.24) is 10.4 Å². The van der Waals surface area contributed by atoms with Crippen LogP contribution in [0.2, 0.25) is 0 Å². The molecule has 18 heavy (non-hydrogen) atoms. The Morgan fingerprint density at radius 3 is 2.56 bits per heavy atom. The number of hydrogen-bond donors (Lipinski definition) is 3. The number of pyridine rings is 1. The van der Waals surface area contributed by atoms with E-state index in [0.29, 0.717) is 5.69 Å². The van der Waals surface area contributed by atoms with Gasteiger partial charge in [-0.15, -0.1) is 0 Å². The van der Waals surface area contributed by atoms with Crippen molar-refractivity contribution >= 4 is 17.5 Å². The van der Waals surface area contributed by atoms with E-state index in [1.807, 2.05) is 6.07 Å². The summed E-state index contributed by atoms with van der Waals surface area (Å²) in [4.78, 5) is 15.0. The molecule has 0 radical (unpaired) electrons. The molecule has 1 aromatic heterocycles. The molecule has 2 amide bonds. The third kappa shape index (κ3) is 3.44. The quantitative estimate of drug-likeness (QED) is 0.575. The normalized spacial score (nSPS) is 9.61. The van der Waals surface area contributed by atoms with Gasteiger partial charge in [-0.25, -0.2) is 9.78 Å². The topological polar surface area (TPSA) is 66.0 Å². The van der Waals surface area contributed by atoms with Crippen LogP contribution in [-0.4, -0.2) is 11.0 Å². The van der Waals surface area contributed by atoms with Crippen LogP contribution in [0.4, 0.5) is 20.7 Å². The lowest BCUT2D eigenvalue weighted by atomic mass is 10.3. The van der Waals surface area contributed by atoms with Gasteiger partial charge in [0.1, 0.15) is 5.82 Å². The van der Waals surface area contributed by atoms with E-state index >= 15 is 0 Å². The molecule has 92 valence electrons. The Morgan fingerprint density at radius 1 is 1.06 bits per heavy atom. The molecular weight excluding hydrogens is 235 g/mol. The second kappa shape index (κ2) is 5.62. The molecule has 5 nitrogen and oxygen atoms in total. The Hall–Kier alpha value is -2.63. The van der Waals surface area contributed by atoms with E-state index in [1.165, 1.54) is 18.2 Å². The second-order valence-electron chi connectivity index (χ2n) is 3.42. The zero-order valence-corrected chi connectivity index (χ0v) is 9.35. The van der Waals surface area contributed by atoms with Crippen LogP contribution < -0.4 is 16.2 Å². The number of carbonyl (C=O) groups is 1. The first-order valence-electron chi connectivity index (χ1n) is 5.25. The van der Waals surface area contributed by atoms with E-state index in [0.717, 1.165) is 0 Å². The predicted octanol–water partition coefficient (Wildman–Crippen LogP) is 2.37. The van der Waals surface area contributed by atoms with Crippen molar-refractivity contribution in [2.24, 2.45) is 0 Å². The van der Waals surface area contributed by atoms with Gasteiger partial charge in [0.15, 0.2) is 0 Å². The molecule has 0 fully saturated rings. The fraction of sp³-hybridized carbons (Fsp3) is 0. The number of nitrogens with zero attached hydrogens (tertiary/aromatic N) is 1. The summed E-state index contributed by atoms with van der Waals surface area (Å²) >= 11 is 0. The van der Waals surface area contributed by atoms with E-state index in [2.05, 4.69) is 21.2 Å². The molecule has 0 spiro atoms. The lowest BCUT2D eigenvalue weighted by molar-refractivity contribution is 0.254. The summed E-state index contributed by atoms with van der Waals surface area (Å²) in [7, 11) is 0. The summed E-state index contributed by atoms with van der Waals surface area (Å²) < 4.78 is 12.8. The fourth-order valence-corrected chi connectivity index (χ4v) is 1.28. The van der Waals surface area contributed by atoms with Gasteiger partial charge in [-0.05, 0) is 24.3 Å². The van der Waals surface area contributed by atoms with Crippen LogP contribution in [-0.2, 0) is 0 Å². The second-order valence-corrected chi connectivity index (χ2v) is 3.42. The number of nitrogens with one attached hydrogen (secondary N) is 3. The van der Waals surface area contributed by atoms with E-state index in [4.69, 9.17) is 0 Å². The van der Waals surface area contributed by atoms with Crippen molar-refractivity contribution in [2.75, 3.05) is 10.7 Å². The minimum atomic E-state index is -0.620. The van der Waals surface area contributed by atoms with Crippen LogP contribution in [0.5, 0.6) is 0 Å². The number of halogens is 1. The van der Waals surface area contributed by atoms with Gasteiger partial charge in [-0.3, -0.25) is 10.9 Å². The van der Waals surface area contributed by atoms with Gasteiger partial charge in [-0.2, -0.15) is 4.39 Å². The van der Waals surface area contributed by atoms with Gasteiger partial charge in [0, 0.05) is 5.69 Å². The first kappa shape index (κ1) is 11.8. The number of rotatable bonds is 3. The Morgan fingerprint density at radius 2 is 1.83 bits per heavy atom. The highest BCUT2D eigenvalue weighted by atomic mass is 19.1. The maximum Gasteiger partial charge on any atom is 0.337 e. The van der Waals surface area contributed by atoms with E-state index in [9.17, 15) is 9.18 Å². The number of carbonyl (C=O) groups excluding carboxylic acids is 1. The number of para-hydroxylation sites is 1. The van der Waals surface area contributed by atoms with Gasteiger partial charge in [0.25, 0.3) is 0 Å². The third-order valence-electron chi connectivity index (χ3n) is 2.05. The third-order valence-corrected chi connectivity index (χ3v) is 2.05. The molecular formula is C12H11FN4O. The number of anilines is 2. The molecule has 2 aromatic rings. The molecule has 0 aliphatic carbocycles. The summed E-state index contributed by atoms with van der Waals surface area (Å²) in [6.07, 6.45) is 0. The minimum absolute atomic E-state index is 0.221. The van der Waals surface area contributed by atoms with Crippen LogP contribution in [0.3, 0.4) is 0 Å². The summed E-state index contributed by atoms with van der Waals surface area (Å²) in [5.74, 6) is -0.400. The largest absolute Gasteiger partial charge is 0.337 e. The van der Waals surface area contributed by atoms with E-state index in [1.54, 1.807) is 24.3 Å². The molecule has 2 rings (SSSR count). The minimum Gasteiger partial charge on any atom is -0.307 e. The number of urea groups is 1. The number of benzene rings is 1. The number of hydrogen-bond acceptors (Lipinski definition) is 3. The van der Waals surface area contributed by atoms with Gasteiger partial charge >= 0.3 is 6.03 Å². The van der Waals surface area contributed by atoms with Crippen molar-refractivity contribution < 1.29 is 9.18 Å². The summed E-state index contributed by atoms with van der Waals surface area (Å²) in [5.41, 5.74) is 5.49. The summed E-state index contributed by atoms with van der Waals surface area (Å²) in [5, 5.41) is 2.59. The molecule has 0 aliphatic heterocycles. The molecule has 0 saturated carbocycles. The van der Waals surface area contributed by atoms with Gasteiger partial charge in [0.2, 0.25) is 5.95 Å². The summed E-state index contributed by atoms with van der Waals surface area (Å²) in [6.45, 7) is 0. The Labute approximate surface area is 103 Å². The van der Waals surface area contributed by atoms with Crippen LogP contribution in [0, 0.1) is 5.95 Å². The standard InChI is InChI=1S/C12H11FN4O/c13-10-7-4-8-11(15-10)16-17-12(18)14-9-5-2-1-3-6-9/h1-8H,(H,15,16)(H2,14,17,18). The summed E-state index contributed by atoms with van der Waals surface area (Å²) in [6, 6.07) is 12.7. The van der Waals surface area contributed by atoms with Crippen molar-refractivity contribution in [1.29, 1.82) is 0 Å². The van der Waals surface area contributed by atoms with Crippen LogP contribution >= 0.6 is 0 Å². The van der Waals surface area contributed by atoms with Crippen molar-refractivity contribution in [3.8, 4) is 0 Å². The first-order valence-corrected chi connectivity index (χ1v) is 5.25. The fourth-order valence-electron chi connectivity index (χ4n) is 1.28. The molecule has 0 aliphatic rings. The van der Waals surface area contributed by atoms with Gasteiger partial charge in [0.05, 0.1) is 0 Å². The smallest absolute Gasteiger partial charge is 0.307 e. The van der Waals surface area contributed by atoms with Crippen LogP contribution in [0.25, 0.3) is 0 Å². The Kier molecular flexibility index (Phi) is 3.70. The lowest BCUT2D eigenvalue weighted by Crippen LogP contribution is -2.33. The average Bonchev–Trinajstić information content (AvgIpc) is 2.38. The lowest BCUT2D eigenvalue weighted by Gasteiger charge is -2.08. The zero-order valence-electron chi connectivity index (χ0n) is 9.35. The molecule has 1 heterocycles. The molecule has 0 bridgehead atoms. The van der Waals surface area contributed by atoms with Crippen molar-refractivity contribution in [3.63, 3.8) is 0 Å². The van der Waals surface area contributed by atoms with E-state index < -0.39 is 12.0 Å².